The fourth-order valence-corrected chi connectivity index (χ4v) is 4.79. The molecule has 0 aromatic carbocycles. The quantitative estimate of drug-likeness (QED) is 0.484. The van der Waals surface area contributed by atoms with Crippen molar-refractivity contribution in [1.29, 1.82) is 5.26 Å². The topological polar surface area (TPSA) is 134 Å². The molecule has 0 aliphatic carbocycles. The van der Waals surface area contributed by atoms with Crippen LogP contribution in [0, 0.1) is 11.3 Å². The van der Waals surface area contributed by atoms with Crippen LogP contribution in [0.25, 0.3) is 16.6 Å². The van der Waals surface area contributed by atoms with Crippen LogP contribution in [0.1, 0.15) is 38.7 Å². The van der Waals surface area contributed by atoms with Crippen LogP contribution >= 0.6 is 0 Å². The molecule has 11 heteroatoms. The van der Waals surface area contributed by atoms with Crippen LogP contribution in [-0.4, -0.2) is 70.0 Å². The summed E-state index contributed by atoms with van der Waals surface area (Å²) in [6.07, 6.45) is 6.13. The molecule has 0 saturated carbocycles. The summed E-state index contributed by atoms with van der Waals surface area (Å²) in [7, 11) is 0. The highest BCUT2D eigenvalue weighted by atomic mass is 16.7. The molecule has 194 valence electrons. The summed E-state index contributed by atoms with van der Waals surface area (Å²) in [5.41, 5.74) is 2.41. The molecule has 3 aromatic heterocycles. The molecule has 2 aliphatic rings. The lowest BCUT2D eigenvalue weighted by Gasteiger charge is -2.40. The van der Waals surface area contributed by atoms with Gasteiger partial charge in [-0.1, -0.05) is 0 Å². The Bertz CT molecular complexity index is 1320. The first-order valence-electron chi connectivity index (χ1n) is 12.4. The average Bonchev–Trinajstić information content (AvgIpc) is 3.50. The number of nitrogens with one attached hydrogen (secondary N) is 1. The van der Waals surface area contributed by atoms with Crippen molar-refractivity contribution in [3.8, 4) is 22.9 Å². The SMILES string of the molecule is CCOc1cc(-c2ccc(N3CCC(C)(NC(=O)O[C@]4(O)CCOC4)CC3)nc2)c2c(C#N)cnn2c1. The number of aliphatic hydroxyl groups is 1. The number of anilines is 1. The first kappa shape index (κ1) is 24.8. The normalized spacial score (nSPS) is 21.0. The summed E-state index contributed by atoms with van der Waals surface area (Å²) in [5.74, 6) is -0.0572. The van der Waals surface area contributed by atoms with Gasteiger partial charge in [0.15, 0.2) is 0 Å². The molecule has 37 heavy (non-hydrogen) atoms. The van der Waals surface area contributed by atoms with Crippen LogP contribution < -0.4 is 15.0 Å². The second kappa shape index (κ2) is 9.88. The molecule has 0 bridgehead atoms. The van der Waals surface area contributed by atoms with Crippen molar-refractivity contribution >= 4 is 17.4 Å². The smallest absolute Gasteiger partial charge is 0.410 e. The molecule has 2 N–H and O–H groups in total. The molecule has 2 aliphatic heterocycles. The van der Waals surface area contributed by atoms with E-state index in [1.54, 1.807) is 23.1 Å². The maximum Gasteiger partial charge on any atom is 0.410 e. The fourth-order valence-electron chi connectivity index (χ4n) is 4.79. The van der Waals surface area contributed by atoms with E-state index < -0.39 is 17.4 Å². The van der Waals surface area contributed by atoms with Crippen LogP contribution in [0.3, 0.4) is 0 Å². The van der Waals surface area contributed by atoms with Gasteiger partial charge in [0.25, 0.3) is 0 Å². The standard InChI is InChI=1S/C26H30N6O5/c1-3-36-20-12-21(23-19(13-27)15-29-32(23)16-20)18-4-5-22(28-14-18)31-9-6-25(2,7-10-31)30-24(33)37-26(34)8-11-35-17-26/h4-5,12,14-16,34H,3,6-11,17H2,1-2H3,(H,30,33)/t26-/m1/s1. The van der Waals surface area contributed by atoms with Gasteiger partial charge in [0.05, 0.1) is 36.7 Å². The number of ether oxygens (including phenoxy) is 3. The van der Waals surface area contributed by atoms with E-state index in [2.05, 4.69) is 21.4 Å². The Balaban J connectivity index is 1.27. The molecule has 0 spiro atoms. The minimum atomic E-state index is -1.55. The van der Waals surface area contributed by atoms with E-state index in [0.29, 0.717) is 56.0 Å². The number of nitriles is 1. The highest BCUT2D eigenvalue weighted by Crippen LogP contribution is 2.32. The molecule has 2 saturated heterocycles. The van der Waals surface area contributed by atoms with E-state index in [1.807, 2.05) is 32.0 Å². The molecule has 0 unspecified atom stereocenters. The van der Waals surface area contributed by atoms with E-state index in [4.69, 9.17) is 19.2 Å². The van der Waals surface area contributed by atoms with Crippen LogP contribution in [0.15, 0.2) is 36.8 Å². The summed E-state index contributed by atoms with van der Waals surface area (Å²) in [4.78, 5) is 19.2. The average molecular weight is 507 g/mol. The Kier molecular flexibility index (Phi) is 6.62. The summed E-state index contributed by atoms with van der Waals surface area (Å²) >= 11 is 0. The third-order valence-electron chi connectivity index (χ3n) is 6.92. The Morgan fingerprint density at radius 2 is 2.11 bits per heavy atom. The minimum absolute atomic E-state index is 0.00707. The van der Waals surface area contributed by atoms with Crippen LogP contribution in [-0.2, 0) is 9.47 Å². The molecule has 0 radical (unpaired) electrons. The van der Waals surface area contributed by atoms with Gasteiger partial charge < -0.3 is 29.5 Å². The second-order valence-corrected chi connectivity index (χ2v) is 9.70. The molecule has 1 atom stereocenters. The zero-order valence-electron chi connectivity index (χ0n) is 20.9. The van der Waals surface area contributed by atoms with Gasteiger partial charge in [-0.2, -0.15) is 10.4 Å². The van der Waals surface area contributed by atoms with Crippen molar-refractivity contribution in [2.45, 2.75) is 44.4 Å². The van der Waals surface area contributed by atoms with Gasteiger partial charge in [-0.15, -0.1) is 0 Å². The van der Waals surface area contributed by atoms with Gasteiger partial charge in [0.1, 0.15) is 24.2 Å². The maximum absolute atomic E-state index is 12.4. The fraction of sp³-hybridized carbons (Fsp3) is 0.462. The third-order valence-corrected chi connectivity index (χ3v) is 6.92. The number of hydrogen-bond acceptors (Lipinski definition) is 9. The molecule has 11 nitrogen and oxygen atoms in total. The first-order valence-corrected chi connectivity index (χ1v) is 12.4. The number of carbonyl (C=O) groups excluding carboxylic acids is 1. The molecule has 2 fully saturated rings. The molecule has 5 rings (SSSR count). The second-order valence-electron chi connectivity index (χ2n) is 9.70. The van der Waals surface area contributed by atoms with E-state index in [1.165, 1.54) is 0 Å². The van der Waals surface area contributed by atoms with E-state index >= 15 is 0 Å². The van der Waals surface area contributed by atoms with Crippen LogP contribution in [0.2, 0.25) is 0 Å². The highest BCUT2D eigenvalue weighted by molar-refractivity contribution is 5.85. The monoisotopic (exact) mass is 506 g/mol. The van der Waals surface area contributed by atoms with Crippen LogP contribution in [0.4, 0.5) is 10.6 Å². The van der Waals surface area contributed by atoms with Crippen LogP contribution in [0.5, 0.6) is 5.75 Å². The van der Waals surface area contributed by atoms with Gasteiger partial charge in [-0.25, -0.2) is 14.3 Å². The summed E-state index contributed by atoms with van der Waals surface area (Å²) < 4.78 is 17.7. The van der Waals surface area contributed by atoms with Gasteiger partial charge in [-0.3, -0.25) is 0 Å². The number of fused-ring (bicyclic) bond motifs is 1. The van der Waals surface area contributed by atoms with Crippen molar-refractivity contribution < 1.29 is 24.1 Å². The van der Waals surface area contributed by atoms with Gasteiger partial charge >= 0.3 is 6.09 Å². The number of carbonyl (C=O) groups is 1. The summed E-state index contributed by atoms with van der Waals surface area (Å²) in [6, 6.07) is 8.05. The number of nitrogens with zero attached hydrogens (tertiary/aromatic N) is 5. The molecule has 1 amide bonds. The molecule has 3 aromatic rings. The minimum Gasteiger partial charge on any atom is -0.492 e. The predicted octanol–water partition coefficient (Wildman–Crippen LogP) is 2.86. The third kappa shape index (κ3) is 5.16. The number of hydrogen-bond donors (Lipinski definition) is 2. The summed E-state index contributed by atoms with van der Waals surface area (Å²) in [6.45, 7) is 6.17. The van der Waals surface area contributed by atoms with Gasteiger partial charge in [0.2, 0.25) is 5.79 Å². The van der Waals surface area contributed by atoms with Crippen molar-refractivity contribution in [2.24, 2.45) is 0 Å². The Morgan fingerprint density at radius 1 is 1.30 bits per heavy atom. The number of aromatic nitrogens is 3. The molecular formula is C26H30N6O5. The largest absolute Gasteiger partial charge is 0.492 e. The number of pyridine rings is 2. The van der Waals surface area contributed by atoms with Crippen molar-refractivity contribution in [3.63, 3.8) is 0 Å². The van der Waals surface area contributed by atoms with Gasteiger partial charge in [-0.05, 0) is 44.9 Å². The predicted molar refractivity (Wildman–Crippen MR) is 134 cm³/mol. The first-order chi connectivity index (χ1) is 17.8. The number of rotatable bonds is 6. The zero-order valence-corrected chi connectivity index (χ0v) is 20.9. The van der Waals surface area contributed by atoms with Gasteiger partial charge in [0, 0.05) is 42.4 Å². The lowest BCUT2D eigenvalue weighted by Crippen LogP contribution is -2.55. The zero-order chi connectivity index (χ0) is 26.0. The van der Waals surface area contributed by atoms with E-state index in [0.717, 1.165) is 16.9 Å². The van der Waals surface area contributed by atoms with E-state index in [9.17, 15) is 15.2 Å². The van der Waals surface area contributed by atoms with Crippen molar-refractivity contribution in [2.75, 3.05) is 37.8 Å². The molecule has 5 heterocycles. The van der Waals surface area contributed by atoms with Crippen molar-refractivity contribution in [3.05, 3.63) is 42.4 Å². The number of amides is 1. The Hall–Kier alpha value is -3.88. The summed E-state index contributed by atoms with van der Waals surface area (Å²) in [5, 5.41) is 27.0. The number of alkyl carbamates (subject to hydrolysis) is 1. The van der Waals surface area contributed by atoms with E-state index in [-0.39, 0.29) is 13.0 Å². The molecular weight excluding hydrogens is 476 g/mol. The van der Waals surface area contributed by atoms with Crippen molar-refractivity contribution in [1.82, 2.24) is 19.9 Å². The highest BCUT2D eigenvalue weighted by Gasteiger charge is 2.39. The maximum atomic E-state index is 12.4. The lowest BCUT2D eigenvalue weighted by molar-refractivity contribution is -0.159. The Labute approximate surface area is 214 Å². The Morgan fingerprint density at radius 3 is 2.76 bits per heavy atom. The lowest BCUT2D eigenvalue weighted by atomic mass is 9.90. The number of piperidine rings is 1.